The molecule has 28 heavy (non-hydrogen) atoms. The van der Waals surface area contributed by atoms with Crippen molar-refractivity contribution in [2.75, 3.05) is 13.1 Å². The highest BCUT2D eigenvalue weighted by molar-refractivity contribution is 5.29. The largest absolute Gasteiger partial charge is 0.483 e. The van der Waals surface area contributed by atoms with Gasteiger partial charge in [0.25, 0.3) is 0 Å². The highest BCUT2D eigenvalue weighted by atomic mass is 19.4. The molecule has 1 unspecified atom stereocenters. The number of nitrogens with two attached hydrogens (primary N) is 1. The van der Waals surface area contributed by atoms with Crippen LogP contribution in [0.25, 0.3) is 0 Å². The second kappa shape index (κ2) is 9.41. The van der Waals surface area contributed by atoms with Gasteiger partial charge in [-0.2, -0.15) is 13.2 Å². The van der Waals surface area contributed by atoms with Crippen molar-refractivity contribution in [2.45, 2.75) is 44.7 Å². The maximum Gasteiger partial charge on any atom is 0.416 e. The van der Waals surface area contributed by atoms with Gasteiger partial charge >= 0.3 is 6.18 Å². The lowest BCUT2D eigenvalue weighted by molar-refractivity contribution is -0.137. The zero-order valence-corrected chi connectivity index (χ0v) is 16.1. The molecular weight excluding hydrogens is 369 g/mol. The quantitative estimate of drug-likeness (QED) is 0.566. The van der Waals surface area contributed by atoms with Crippen molar-refractivity contribution < 1.29 is 23.0 Å². The molecule has 0 radical (unpaired) electrons. The second-order valence-corrected chi connectivity index (χ2v) is 7.01. The van der Waals surface area contributed by atoms with E-state index in [1.807, 2.05) is 31.2 Å². The minimum Gasteiger partial charge on any atom is -0.483 e. The average Bonchev–Trinajstić information content (AvgIpc) is 2.63. The van der Waals surface area contributed by atoms with Gasteiger partial charge in [0.15, 0.2) is 0 Å². The summed E-state index contributed by atoms with van der Waals surface area (Å²) in [4.78, 5) is 0. The molecule has 0 bridgehead atoms. The number of alkyl halides is 3. The Labute approximate surface area is 163 Å². The number of ether oxygens (including phenoxy) is 1. The number of nitrogens with one attached hydrogen (secondary N) is 1. The third kappa shape index (κ3) is 5.95. The van der Waals surface area contributed by atoms with Crippen molar-refractivity contribution in [3.63, 3.8) is 0 Å². The van der Waals surface area contributed by atoms with Crippen LogP contribution in [0.15, 0.2) is 48.5 Å². The Morgan fingerprint density at radius 3 is 2.32 bits per heavy atom. The van der Waals surface area contributed by atoms with Crippen LogP contribution < -0.4 is 15.8 Å². The molecule has 2 rings (SSSR count). The zero-order valence-electron chi connectivity index (χ0n) is 16.1. The molecule has 0 saturated carbocycles. The van der Waals surface area contributed by atoms with E-state index in [4.69, 9.17) is 10.5 Å². The Balaban J connectivity index is 2.01. The third-order valence-corrected chi connectivity index (χ3v) is 4.75. The van der Waals surface area contributed by atoms with Crippen molar-refractivity contribution in [3.05, 3.63) is 65.2 Å². The highest BCUT2D eigenvalue weighted by Crippen LogP contribution is 2.31. The molecule has 2 aromatic carbocycles. The van der Waals surface area contributed by atoms with Crippen LogP contribution in [0, 0.1) is 6.92 Å². The first-order valence-electron chi connectivity index (χ1n) is 9.18. The van der Waals surface area contributed by atoms with E-state index in [0.29, 0.717) is 13.0 Å². The van der Waals surface area contributed by atoms with Gasteiger partial charge in [-0.1, -0.05) is 24.3 Å². The summed E-state index contributed by atoms with van der Waals surface area (Å²) in [6, 6.07) is 12.4. The molecule has 0 aliphatic carbocycles. The number of rotatable bonds is 9. The lowest BCUT2D eigenvalue weighted by atomic mass is 9.99. The Morgan fingerprint density at radius 1 is 1.11 bits per heavy atom. The molecule has 0 saturated heterocycles. The first-order valence-corrected chi connectivity index (χ1v) is 9.18. The van der Waals surface area contributed by atoms with E-state index in [0.717, 1.165) is 18.6 Å². The molecule has 0 aliphatic rings. The number of halogens is 3. The number of aryl methyl sites for hydroxylation is 1. The smallest absolute Gasteiger partial charge is 0.416 e. The lowest BCUT2D eigenvalue weighted by Crippen LogP contribution is -2.54. The highest BCUT2D eigenvalue weighted by Gasteiger charge is 2.35. The molecule has 4 N–H and O–H groups in total. The number of hydrogen-bond acceptors (Lipinski definition) is 4. The van der Waals surface area contributed by atoms with Crippen LogP contribution in [0.2, 0.25) is 0 Å². The molecule has 4 nitrogen and oxygen atoms in total. The van der Waals surface area contributed by atoms with Gasteiger partial charge in [-0.25, -0.2) is 0 Å². The number of aliphatic hydroxyl groups is 1. The van der Waals surface area contributed by atoms with Gasteiger partial charge in [-0.15, -0.1) is 0 Å². The van der Waals surface area contributed by atoms with Gasteiger partial charge < -0.3 is 15.6 Å². The summed E-state index contributed by atoms with van der Waals surface area (Å²) in [6.07, 6.45) is -4.40. The Morgan fingerprint density at radius 2 is 1.75 bits per heavy atom. The van der Waals surface area contributed by atoms with E-state index < -0.39 is 23.6 Å². The molecule has 7 heteroatoms. The summed E-state index contributed by atoms with van der Waals surface area (Å²) < 4.78 is 44.0. The standard InChI is InChI=1S/C21H27F3N2O2/c1-15-5-3-4-6-16(15)11-14-26-19(27)20(2,12-13-25)28-18-9-7-17(8-10-18)21(22,23)24/h3-10,19,26-27H,11-14,25H2,1-2H3/t19?,20-/m1/s1. The molecular formula is C21H27F3N2O2. The predicted octanol–water partition coefficient (Wildman–Crippen LogP) is 3.65. The normalized spacial score (nSPS) is 15.1. The van der Waals surface area contributed by atoms with E-state index in [1.54, 1.807) is 6.92 Å². The van der Waals surface area contributed by atoms with Crippen molar-refractivity contribution >= 4 is 0 Å². The summed E-state index contributed by atoms with van der Waals surface area (Å²) in [5, 5.41) is 13.7. The fraction of sp³-hybridized carbons (Fsp3) is 0.429. The van der Waals surface area contributed by atoms with Crippen LogP contribution in [-0.2, 0) is 12.6 Å². The molecule has 0 fully saturated rings. The molecule has 0 aromatic heterocycles. The maximum atomic E-state index is 12.7. The van der Waals surface area contributed by atoms with Gasteiger partial charge in [0.05, 0.1) is 5.56 Å². The molecule has 0 spiro atoms. The number of hydrogen-bond donors (Lipinski definition) is 3. The van der Waals surface area contributed by atoms with Gasteiger partial charge in [0.1, 0.15) is 17.6 Å². The van der Waals surface area contributed by atoms with Crippen molar-refractivity contribution in [2.24, 2.45) is 5.73 Å². The molecule has 0 amide bonds. The second-order valence-electron chi connectivity index (χ2n) is 7.01. The van der Waals surface area contributed by atoms with Crippen LogP contribution in [0.1, 0.15) is 30.0 Å². The van der Waals surface area contributed by atoms with Crippen LogP contribution in [0.4, 0.5) is 13.2 Å². The average molecular weight is 396 g/mol. The minimum absolute atomic E-state index is 0.240. The van der Waals surface area contributed by atoms with E-state index in [9.17, 15) is 18.3 Å². The van der Waals surface area contributed by atoms with Crippen molar-refractivity contribution in [1.29, 1.82) is 0 Å². The fourth-order valence-electron chi connectivity index (χ4n) is 2.96. The van der Waals surface area contributed by atoms with Crippen LogP contribution >= 0.6 is 0 Å². The minimum atomic E-state index is -4.41. The first-order chi connectivity index (χ1) is 13.2. The molecule has 2 aromatic rings. The molecule has 2 atom stereocenters. The summed E-state index contributed by atoms with van der Waals surface area (Å²) in [6.45, 7) is 4.48. The third-order valence-electron chi connectivity index (χ3n) is 4.75. The molecule has 0 aliphatic heterocycles. The summed E-state index contributed by atoms with van der Waals surface area (Å²) in [5.41, 5.74) is 6.17. The van der Waals surface area contributed by atoms with Crippen LogP contribution in [-0.4, -0.2) is 30.0 Å². The number of benzene rings is 2. The Hall–Kier alpha value is -2.09. The lowest BCUT2D eigenvalue weighted by Gasteiger charge is -2.35. The van der Waals surface area contributed by atoms with Crippen LogP contribution in [0.5, 0.6) is 5.75 Å². The summed E-state index contributed by atoms with van der Waals surface area (Å²) in [7, 11) is 0. The Kier molecular flexibility index (Phi) is 7.46. The predicted molar refractivity (Wildman–Crippen MR) is 103 cm³/mol. The van der Waals surface area contributed by atoms with Gasteiger partial charge in [0.2, 0.25) is 0 Å². The van der Waals surface area contributed by atoms with E-state index >= 15 is 0 Å². The van der Waals surface area contributed by atoms with Crippen LogP contribution in [0.3, 0.4) is 0 Å². The fourth-order valence-corrected chi connectivity index (χ4v) is 2.96. The summed E-state index contributed by atoms with van der Waals surface area (Å²) in [5.74, 6) is 0.240. The molecule has 154 valence electrons. The van der Waals surface area contributed by atoms with Gasteiger partial charge in [-0.3, -0.25) is 5.32 Å². The zero-order chi connectivity index (χ0) is 20.8. The maximum absolute atomic E-state index is 12.7. The molecule has 0 heterocycles. The van der Waals surface area contributed by atoms with Gasteiger partial charge in [0, 0.05) is 13.0 Å². The van der Waals surface area contributed by atoms with E-state index in [2.05, 4.69) is 5.32 Å². The summed E-state index contributed by atoms with van der Waals surface area (Å²) >= 11 is 0. The van der Waals surface area contributed by atoms with Gasteiger partial charge in [-0.05, 0) is 62.2 Å². The number of aliphatic hydroxyl groups excluding tert-OH is 1. The SMILES string of the molecule is Cc1ccccc1CCNC(O)[C@@](C)(CCN)Oc1ccc(C(F)(F)F)cc1. The first kappa shape index (κ1) is 22.2. The van der Waals surface area contributed by atoms with Crippen molar-refractivity contribution in [3.8, 4) is 5.75 Å². The Bertz CT molecular complexity index is 750. The van der Waals surface area contributed by atoms with E-state index in [1.165, 1.54) is 23.3 Å². The van der Waals surface area contributed by atoms with Crippen molar-refractivity contribution in [1.82, 2.24) is 5.32 Å². The topological polar surface area (TPSA) is 67.5 Å². The van der Waals surface area contributed by atoms with E-state index in [-0.39, 0.29) is 12.3 Å². The monoisotopic (exact) mass is 396 g/mol.